The van der Waals surface area contributed by atoms with E-state index in [4.69, 9.17) is 0 Å². The molecule has 0 bridgehead atoms. The number of halogens is 3. The van der Waals surface area contributed by atoms with Crippen LogP contribution >= 0.6 is 0 Å². The molecule has 1 aliphatic carbocycles. The molecule has 3 rings (SSSR count). The largest absolute Gasteiger partial charge is 0.453 e. The van der Waals surface area contributed by atoms with Crippen LogP contribution in [0.25, 0.3) is 5.65 Å². The minimum absolute atomic E-state index is 0.0736. The molecule has 0 spiro atoms. The molecule has 1 fully saturated rings. The zero-order chi connectivity index (χ0) is 17.0. The lowest BCUT2D eigenvalue weighted by Gasteiger charge is -2.16. The average molecular weight is 342 g/mol. The highest BCUT2D eigenvalue weighted by atomic mass is 19.4. The number of alkyl halides is 3. The molecule has 0 radical (unpaired) electrons. The van der Waals surface area contributed by atoms with Crippen LogP contribution in [0.3, 0.4) is 0 Å². The molecule has 0 amide bonds. The lowest BCUT2D eigenvalue weighted by molar-refractivity contribution is -0.146. The molecule has 1 aliphatic rings. The van der Waals surface area contributed by atoms with Crippen LogP contribution in [-0.4, -0.2) is 38.9 Å². The van der Waals surface area contributed by atoms with E-state index in [9.17, 15) is 13.2 Å². The molecule has 6 nitrogen and oxygen atoms in total. The van der Waals surface area contributed by atoms with Gasteiger partial charge in [0.25, 0.3) is 5.82 Å². The predicted molar refractivity (Wildman–Crippen MR) is 83.8 cm³/mol. The lowest BCUT2D eigenvalue weighted by Crippen LogP contribution is -2.32. The highest BCUT2D eigenvalue weighted by Crippen LogP contribution is 2.27. The molecule has 0 unspecified atom stereocenters. The van der Waals surface area contributed by atoms with Crippen LogP contribution in [-0.2, 0) is 6.18 Å². The number of nitrogens with zero attached hydrogens (tertiary/aromatic N) is 4. The maximum atomic E-state index is 12.8. The van der Waals surface area contributed by atoms with Crippen molar-refractivity contribution in [3.8, 4) is 0 Å². The number of hydrogen-bond donors (Lipinski definition) is 2. The van der Waals surface area contributed by atoms with E-state index in [2.05, 4.69) is 25.9 Å². The Balaban J connectivity index is 1.55. The molecule has 24 heavy (non-hydrogen) atoms. The first-order valence-corrected chi connectivity index (χ1v) is 8.31. The first-order chi connectivity index (χ1) is 11.5. The smallest absolute Gasteiger partial charge is 0.367 e. The maximum Gasteiger partial charge on any atom is 0.453 e. The van der Waals surface area contributed by atoms with Crippen molar-refractivity contribution in [3.05, 3.63) is 18.0 Å². The van der Waals surface area contributed by atoms with Crippen LogP contribution in [0.5, 0.6) is 0 Å². The minimum atomic E-state index is -4.58. The summed E-state index contributed by atoms with van der Waals surface area (Å²) in [5.41, 5.74) is 0.0736. The van der Waals surface area contributed by atoms with E-state index in [1.54, 1.807) is 6.07 Å². The van der Waals surface area contributed by atoms with Gasteiger partial charge in [0, 0.05) is 19.1 Å². The number of aromatic nitrogens is 4. The standard InChI is InChI=1S/C15H21F3N6/c16-15(17,18)14-22-21-13-8-7-12(23-24(13)14)20-10-9-19-11-5-3-1-2-4-6-11/h7-8,11,19H,1-6,9-10H2,(H,20,23). The van der Waals surface area contributed by atoms with Gasteiger partial charge in [-0.15, -0.1) is 15.3 Å². The van der Waals surface area contributed by atoms with Crippen LogP contribution in [0, 0.1) is 0 Å². The van der Waals surface area contributed by atoms with Crippen LogP contribution in [0.15, 0.2) is 12.1 Å². The van der Waals surface area contributed by atoms with Gasteiger partial charge < -0.3 is 10.6 Å². The van der Waals surface area contributed by atoms with E-state index in [1.165, 1.54) is 44.6 Å². The van der Waals surface area contributed by atoms with Crippen molar-refractivity contribution in [1.82, 2.24) is 25.1 Å². The molecule has 132 valence electrons. The zero-order valence-electron chi connectivity index (χ0n) is 13.3. The van der Waals surface area contributed by atoms with Gasteiger partial charge in [-0.2, -0.15) is 17.7 Å². The molecule has 2 N–H and O–H groups in total. The van der Waals surface area contributed by atoms with Gasteiger partial charge in [0.15, 0.2) is 5.65 Å². The monoisotopic (exact) mass is 342 g/mol. The average Bonchev–Trinajstić information content (AvgIpc) is 2.80. The fraction of sp³-hybridized carbons (Fsp3) is 0.667. The molecule has 0 aliphatic heterocycles. The normalized spacial score (nSPS) is 17.1. The Hall–Kier alpha value is -1.90. The summed E-state index contributed by atoms with van der Waals surface area (Å²) in [5.74, 6) is -0.742. The molecule has 0 aromatic carbocycles. The second kappa shape index (κ2) is 7.33. The number of nitrogens with one attached hydrogen (secondary N) is 2. The number of hydrogen-bond acceptors (Lipinski definition) is 5. The molecular weight excluding hydrogens is 321 g/mol. The molecule has 9 heteroatoms. The van der Waals surface area contributed by atoms with E-state index in [1.807, 2.05) is 0 Å². The van der Waals surface area contributed by atoms with Gasteiger partial charge >= 0.3 is 6.18 Å². The predicted octanol–water partition coefficient (Wildman–Crippen LogP) is 2.87. The van der Waals surface area contributed by atoms with Crippen molar-refractivity contribution in [3.63, 3.8) is 0 Å². The van der Waals surface area contributed by atoms with Crippen molar-refractivity contribution < 1.29 is 13.2 Å². The van der Waals surface area contributed by atoms with Gasteiger partial charge in [-0.1, -0.05) is 25.7 Å². The molecule has 2 aromatic rings. The Morgan fingerprint density at radius 1 is 1.04 bits per heavy atom. The molecule has 2 aromatic heterocycles. The van der Waals surface area contributed by atoms with Crippen LogP contribution < -0.4 is 10.6 Å². The van der Waals surface area contributed by atoms with Gasteiger partial charge in [0.1, 0.15) is 5.82 Å². The van der Waals surface area contributed by atoms with Crippen molar-refractivity contribution in [2.24, 2.45) is 0 Å². The third kappa shape index (κ3) is 4.14. The fourth-order valence-electron chi connectivity index (χ4n) is 3.01. The van der Waals surface area contributed by atoms with Gasteiger partial charge in [-0.3, -0.25) is 0 Å². The third-order valence-electron chi connectivity index (χ3n) is 4.24. The molecule has 0 saturated heterocycles. The Labute approximate surface area is 137 Å². The van der Waals surface area contributed by atoms with E-state index < -0.39 is 12.0 Å². The summed E-state index contributed by atoms with van der Waals surface area (Å²) in [6, 6.07) is 3.62. The van der Waals surface area contributed by atoms with Crippen molar-refractivity contribution in [2.75, 3.05) is 18.4 Å². The summed E-state index contributed by atoms with van der Waals surface area (Å²) in [4.78, 5) is 0. The highest BCUT2D eigenvalue weighted by molar-refractivity contribution is 5.44. The Morgan fingerprint density at radius 2 is 1.79 bits per heavy atom. The summed E-state index contributed by atoms with van der Waals surface area (Å²) < 4.78 is 39.2. The van der Waals surface area contributed by atoms with Crippen LogP contribution in [0.1, 0.15) is 44.3 Å². The summed E-state index contributed by atoms with van der Waals surface area (Å²) in [7, 11) is 0. The van der Waals surface area contributed by atoms with Gasteiger partial charge in [-0.25, -0.2) is 0 Å². The van der Waals surface area contributed by atoms with E-state index in [0.29, 0.717) is 18.4 Å². The van der Waals surface area contributed by atoms with Gasteiger partial charge in [-0.05, 0) is 25.0 Å². The van der Waals surface area contributed by atoms with E-state index in [0.717, 1.165) is 11.1 Å². The summed E-state index contributed by atoms with van der Waals surface area (Å²) in [6.07, 6.45) is 2.95. The van der Waals surface area contributed by atoms with Gasteiger partial charge in [0.05, 0.1) is 0 Å². The van der Waals surface area contributed by atoms with Crippen LogP contribution in [0.2, 0.25) is 0 Å². The zero-order valence-corrected chi connectivity index (χ0v) is 13.3. The SMILES string of the molecule is FC(F)(F)c1nnc2ccc(NCCNC3CCCCCC3)nn12. The third-order valence-corrected chi connectivity index (χ3v) is 4.24. The van der Waals surface area contributed by atoms with Crippen molar-refractivity contribution in [2.45, 2.75) is 50.7 Å². The number of fused-ring (bicyclic) bond motifs is 1. The molecule has 0 atom stereocenters. The van der Waals surface area contributed by atoms with Crippen molar-refractivity contribution >= 4 is 11.5 Å². The van der Waals surface area contributed by atoms with E-state index in [-0.39, 0.29) is 5.65 Å². The first kappa shape index (κ1) is 16.9. The van der Waals surface area contributed by atoms with Crippen LogP contribution in [0.4, 0.5) is 19.0 Å². The van der Waals surface area contributed by atoms with E-state index >= 15 is 0 Å². The second-order valence-electron chi connectivity index (χ2n) is 6.08. The summed E-state index contributed by atoms with van der Waals surface area (Å²) in [6.45, 7) is 1.34. The number of anilines is 1. The molecule has 2 heterocycles. The Bertz CT molecular complexity index is 661. The minimum Gasteiger partial charge on any atom is -0.367 e. The summed E-state index contributed by atoms with van der Waals surface area (Å²) in [5, 5.41) is 17.1. The Morgan fingerprint density at radius 3 is 2.50 bits per heavy atom. The van der Waals surface area contributed by atoms with Gasteiger partial charge in [0.2, 0.25) is 0 Å². The lowest BCUT2D eigenvalue weighted by atomic mass is 10.1. The highest BCUT2D eigenvalue weighted by Gasteiger charge is 2.37. The quantitative estimate of drug-likeness (QED) is 0.646. The molecule has 1 saturated carbocycles. The van der Waals surface area contributed by atoms with Crippen molar-refractivity contribution in [1.29, 1.82) is 0 Å². The maximum absolute atomic E-state index is 12.8. The second-order valence-corrected chi connectivity index (χ2v) is 6.08. The topological polar surface area (TPSA) is 67.1 Å². The number of rotatable bonds is 5. The first-order valence-electron chi connectivity index (χ1n) is 8.31. The fourth-order valence-corrected chi connectivity index (χ4v) is 3.01. The Kier molecular flexibility index (Phi) is 5.17. The summed E-state index contributed by atoms with van der Waals surface area (Å²) >= 11 is 0. The molecular formula is C15H21F3N6.